The maximum Gasteiger partial charge on any atom is 0.244 e. The first-order valence-electron chi connectivity index (χ1n) is 6.81. The summed E-state index contributed by atoms with van der Waals surface area (Å²) in [5, 5.41) is 3.37. The molecule has 0 bridgehead atoms. The summed E-state index contributed by atoms with van der Waals surface area (Å²) < 4.78 is 26.0. The Morgan fingerprint density at radius 2 is 1.95 bits per heavy atom. The molecule has 1 saturated carbocycles. The monoisotopic (exact) mass is 297 g/mol. The van der Waals surface area contributed by atoms with Gasteiger partial charge in [0.15, 0.2) is 0 Å². The van der Waals surface area contributed by atoms with E-state index in [0.717, 1.165) is 12.8 Å². The van der Waals surface area contributed by atoms with Gasteiger partial charge in [0.1, 0.15) is 4.90 Å². The van der Waals surface area contributed by atoms with E-state index in [0.29, 0.717) is 23.0 Å². The first kappa shape index (κ1) is 15.3. The van der Waals surface area contributed by atoms with Crippen molar-refractivity contribution in [1.82, 2.24) is 4.31 Å². The van der Waals surface area contributed by atoms with Gasteiger partial charge in [-0.1, -0.05) is 12.1 Å². The van der Waals surface area contributed by atoms with E-state index in [2.05, 4.69) is 12.2 Å². The highest BCUT2D eigenvalue weighted by Gasteiger charge is 2.41. The molecule has 0 saturated heterocycles. The van der Waals surface area contributed by atoms with Gasteiger partial charge in [0, 0.05) is 26.2 Å². The fraction of sp³-hybridized carbons (Fsp3) is 0.571. The van der Waals surface area contributed by atoms with Gasteiger partial charge in [-0.2, -0.15) is 0 Å². The van der Waals surface area contributed by atoms with Crippen molar-refractivity contribution in [2.75, 3.05) is 26.0 Å². The predicted octanol–water partition coefficient (Wildman–Crippen LogP) is 1.48. The van der Waals surface area contributed by atoms with Crippen molar-refractivity contribution in [3.8, 4) is 0 Å². The van der Waals surface area contributed by atoms with Crippen LogP contribution in [0.1, 0.15) is 19.8 Å². The molecule has 1 unspecified atom stereocenters. The van der Waals surface area contributed by atoms with Crippen LogP contribution in [-0.2, 0) is 10.0 Å². The highest BCUT2D eigenvalue weighted by molar-refractivity contribution is 7.89. The molecule has 3 N–H and O–H groups in total. The molecule has 6 heteroatoms. The van der Waals surface area contributed by atoms with E-state index in [4.69, 9.17) is 5.73 Å². The Balaban J connectivity index is 2.38. The summed E-state index contributed by atoms with van der Waals surface area (Å²) in [6.07, 6.45) is 2.28. The summed E-state index contributed by atoms with van der Waals surface area (Å²) >= 11 is 0. The summed E-state index contributed by atoms with van der Waals surface area (Å²) in [7, 11) is -0.390. The van der Waals surface area contributed by atoms with Crippen LogP contribution in [0.15, 0.2) is 29.2 Å². The molecular formula is C14H23N3O2S. The number of sulfonamides is 1. The second-order valence-corrected chi connectivity index (χ2v) is 7.92. The molecule has 1 fully saturated rings. The van der Waals surface area contributed by atoms with Crippen molar-refractivity contribution >= 4 is 15.7 Å². The number of anilines is 1. The van der Waals surface area contributed by atoms with Crippen LogP contribution in [-0.4, -0.2) is 38.9 Å². The zero-order valence-corrected chi connectivity index (χ0v) is 13.1. The number of nitrogens with zero attached hydrogens (tertiary/aromatic N) is 1. The van der Waals surface area contributed by atoms with E-state index in [1.165, 1.54) is 18.4 Å². The largest absolute Gasteiger partial charge is 0.377 e. The first-order valence-corrected chi connectivity index (χ1v) is 8.25. The minimum Gasteiger partial charge on any atom is -0.377 e. The van der Waals surface area contributed by atoms with Gasteiger partial charge in [-0.15, -0.1) is 0 Å². The summed E-state index contributed by atoms with van der Waals surface area (Å²) in [6.45, 7) is 2.54. The summed E-state index contributed by atoms with van der Waals surface area (Å²) in [4.78, 5) is 0.297. The average Bonchev–Trinajstić information content (AvgIpc) is 3.23. The van der Waals surface area contributed by atoms with Gasteiger partial charge in [-0.05, 0) is 37.8 Å². The minimum absolute atomic E-state index is 0.252. The Morgan fingerprint density at radius 3 is 2.45 bits per heavy atom. The fourth-order valence-electron chi connectivity index (χ4n) is 2.34. The van der Waals surface area contributed by atoms with Crippen molar-refractivity contribution < 1.29 is 8.42 Å². The van der Waals surface area contributed by atoms with Crippen LogP contribution < -0.4 is 11.1 Å². The van der Waals surface area contributed by atoms with Gasteiger partial charge in [-0.25, -0.2) is 12.7 Å². The molecule has 1 aliphatic rings. The van der Waals surface area contributed by atoms with E-state index < -0.39 is 10.0 Å². The lowest BCUT2D eigenvalue weighted by molar-refractivity contribution is 0.457. The van der Waals surface area contributed by atoms with Crippen molar-refractivity contribution in [1.29, 1.82) is 0 Å². The molecule has 1 aromatic carbocycles. The van der Waals surface area contributed by atoms with Crippen molar-refractivity contribution in [3.05, 3.63) is 24.3 Å². The molecule has 0 aliphatic heterocycles. The Bertz CT molecular complexity index is 582. The van der Waals surface area contributed by atoms with E-state index in [1.807, 2.05) is 6.07 Å². The first-order chi connectivity index (χ1) is 9.31. The van der Waals surface area contributed by atoms with Gasteiger partial charge in [0.25, 0.3) is 0 Å². The molecule has 2 rings (SSSR count). The van der Waals surface area contributed by atoms with Crippen LogP contribution in [0.5, 0.6) is 0 Å². The number of benzene rings is 1. The third kappa shape index (κ3) is 2.82. The molecule has 0 amide bonds. The van der Waals surface area contributed by atoms with Gasteiger partial charge < -0.3 is 11.1 Å². The Hall–Kier alpha value is -1.11. The quantitative estimate of drug-likeness (QED) is 0.834. The van der Waals surface area contributed by atoms with Crippen LogP contribution in [0.3, 0.4) is 0 Å². The number of rotatable bonds is 6. The topological polar surface area (TPSA) is 75.4 Å². The van der Waals surface area contributed by atoms with Crippen LogP contribution in [0, 0.1) is 5.92 Å². The van der Waals surface area contributed by atoms with Crippen molar-refractivity contribution in [3.63, 3.8) is 0 Å². The van der Waals surface area contributed by atoms with E-state index in [9.17, 15) is 8.42 Å². The molecule has 0 spiro atoms. The number of hydrogen-bond acceptors (Lipinski definition) is 4. The number of nitrogens with one attached hydrogen (secondary N) is 1. The fourth-order valence-corrected chi connectivity index (χ4v) is 3.38. The second kappa shape index (κ2) is 5.35. The zero-order chi connectivity index (χ0) is 15.0. The van der Waals surface area contributed by atoms with Gasteiger partial charge in [-0.3, -0.25) is 0 Å². The van der Waals surface area contributed by atoms with Crippen molar-refractivity contribution in [2.24, 2.45) is 11.7 Å². The van der Waals surface area contributed by atoms with Crippen LogP contribution in [0.4, 0.5) is 5.69 Å². The summed E-state index contributed by atoms with van der Waals surface area (Å²) in [5.74, 6) is 0.516. The second-order valence-electron chi connectivity index (χ2n) is 5.80. The lowest BCUT2D eigenvalue weighted by Crippen LogP contribution is -2.45. The van der Waals surface area contributed by atoms with E-state index in [1.54, 1.807) is 18.2 Å². The molecule has 1 aromatic rings. The van der Waals surface area contributed by atoms with Crippen LogP contribution in [0.2, 0.25) is 0 Å². The third-order valence-corrected chi connectivity index (χ3v) is 5.84. The Kier molecular flexibility index (Phi) is 4.09. The third-order valence-electron chi connectivity index (χ3n) is 3.97. The lowest BCUT2D eigenvalue weighted by atomic mass is 9.95. The lowest BCUT2D eigenvalue weighted by Gasteiger charge is -2.32. The highest BCUT2D eigenvalue weighted by atomic mass is 32.2. The maximum atomic E-state index is 12.4. The van der Waals surface area contributed by atoms with E-state index >= 15 is 0 Å². The van der Waals surface area contributed by atoms with Crippen LogP contribution >= 0.6 is 0 Å². The number of nitrogens with two attached hydrogens (primary N) is 1. The highest BCUT2D eigenvalue weighted by Crippen LogP contribution is 2.41. The maximum absolute atomic E-state index is 12.4. The molecule has 0 heterocycles. The Morgan fingerprint density at radius 1 is 1.35 bits per heavy atom. The normalized spacial score (nSPS) is 18.9. The molecule has 5 nitrogen and oxygen atoms in total. The zero-order valence-electron chi connectivity index (χ0n) is 12.3. The molecular weight excluding hydrogens is 274 g/mol. The standard InChI is InChI=1S/C14H23N3O2S/c1-14(10-15,11-8-9-11)16-12-6-4-5-7-13(12)20(18,19)17(2)3/h4-7,11,16H,8-10,15H2,1-3H3. The van der Waals surface area contributed by atoms with Gasteiger partial charge in [0.2, 0.25) is 10.0 Å². The average molecular weight is 297 g/mol. The number of para-hydroxylation sites is 1. The smallest absolute Gasteiger partial charge is 0.244 e. The van der Waals surface area contributed by atoms with Gasteiger partial charge >= 0.3 is 0 Å². The molecule has 1 aliphatic carbocycles. The van der Waals surface area contributed by atoms with E-state index in [-0.39, 0.29) is 5.54 Å². The van der Waals surface area contributed by atoms with Crippen LogP contribution in [0.25, 0.3) is 0 Å². The predicted molar refractivity (Wildman–Crippen MR) is 81.1 cm³/mol. The molecule has 0 radical (unpaired) electrons. The SMILES string of the molecule is CN(C)S(=O)(=O)c1ccccc1NC(C)(CN)C1CC1. The molecule has 0 aromatic heterocycles. The van der Waals surface area contributed by atoms with Gasteiger partial charge in [0.05, 0.1) is 5.69 Å². The molecule has 112 valence electrons. The Labute approximate surface area is 121 Å². The summed E-state index contributed by atoms with van der Waals surface area (Å²) in [6, 6.07) is 6.99. The molecule has 1 atom stereocenters. The minimum atomic E-state index is -3.46. The number of hydrogen-bond donors (Lipinski definition) is 2. The molecule has 20 heavy (non-hydrogen) atoms. The van der Waals surface area contributed by atoms with Crippen molar-refractivity contribution in [2.45, 2.75) is 30.2 Å². The summed E-state index contributed by atoms with van der Waals surface area (Å²) in [5.41, 5.74) is 6.27.